The third-order valence-electron chi connectivity index (χ3n) is 4.81. The fourth-order valence-corrected chi connectivity index (χ4v) is 3.73. The maximum atomic E-state index is 13.0. The van der Waals surface area contributed by atoms with Crippen LogP contribution in [0.25, 0.3) is 0 Å². The Hall–Kier alpha value is -2.88. The van der Waals surface area contributed by atoms with Crippen LogP contribution in [0.3, 0.4) is 0 Å². The molecule has 7 heteroatoms. The van der Waals surface area contributed by atoms with Crippen molar-refractivity contribution in [1.82, 2.24) is 4.90 Å². The van der Waals surface area contributed by atoms with Crippen molar-refractivity contribution < 1.29 is 19.1 Å². The molecule has 1 aromatic rings. The summed E-state index contributed by atoms with van der Waals surface area (Å²) < 4.78 is 5.07. The van der Waals surface area contributed by atoms with E-state index in [1.54, 1.807) is 30.3 Å². The first kappa shape index (κ1) is 14.7. The van der Waals surface area contributed by atoms with Crippen molar-refractivity contribution >= 4 is 23.5 Å². The number of ether oxygens (including phenoxy) is 1. The van der Waals surface area contributed by atoms with Crippen molar-refractivity contribution in [2.24, 2.45) is 0 Å². The molecule has 2 fully saturated rings. The molecule has 2 amide bonds. The van der Waals surface area contributed by atoms with Gasteiger partial charge in [0.25, 0.3) is 5.91 Å². The number of hydrogen-bond donors (Lipinski definition) is 0. The van der Waals surface area contributed by atoms with Gasteiger partial charge in [0.05, 0.1) is 11.3 Å². The molecule has 2 aliphatic heterocycles. The Bertz CT molecular complexity index is 795. The Labute approximate surface area is 138 Å². The van der Waals surface area contributed by atoms with Gasteiger partial charge in [-0.25, -0.2) is 4.79 Å². The molecule has 1 aliphatic carbocycles. The molecule has 0 aromatic heterocycles. The monoisotopic (exact) mass is 325 g/mol. The highest BCUT2D eigenvalue weighted by Gasteiger charge is 2.64. The summed E-state index contributed by atoms with van der Waals surface area (Å²) in [5, 5.41) is 8.71. The highest BCUT2D eigenvalue weighted by Crippen LogP contribution is 2.49. The molecule has 1 saturated heterocycles. The minimum atomic E-state index is -1.46. The topological polar surface area (TPSA) is 90.7 Å². The van der Waals surface area contributed by atoms with Gasteiger partial charge in [0.1, 0.15) is 6.07 Å². The average molecular weight is 325 g/mol. The molecular formula is C17H15N3O4. The van der Waals surface area contributed by atoms with Gasteiger partial charge in [-0.3, -0.25) is 14.5 Å². The fraction of sp³-hybridized carbons (Fsp3) is 0.412. The summed E-state index contributed by atoms with van der Waals surface area (Å²) in [7, 11) is 0. The van der Waals surface area contributed by atoms with Crippen LogP contribution in [0.15, 0.2) is 24.3 Å². The van der Waals surface area contributed by atoms with E-state index in [9.17, 15) is 14.4 Å². The number of anilines is 1. The van der Waals surface area contributed by atoms with Crippen LogP contribution in [0.4, 0.5) is 5.69 Å². The molecular weight excluding hydrogens is 310 g/mol. The quantitative estimate of drug-likeness (QED) is 0.779. The Morgan fingerprint density at radius 2 is 2.08 bits per heavy atom. The van der Waals surface area contributed by atoms with E-state index in [-0.39, 0.29) is 30.7 Å². The lowest BCUT2D eigenvalue weighted by atomic mass is 9.96. The van der Waals surface area contributed by atoms with Crippen molar-refractivity contribution in [2.45, 2.75) is 37.4 Å². The number of carbonyl (C=O) groups excluding carboxylic acids is 3. The number of benzene rings is 1. The van der Waals surface area contributed by atoms with Gasteiger partial charge < -0.3 is 9.64 Å². The second kappa shape index (κ2) is 5.06. The van der Waals surface area contributed by atoms with Gasteiger partial charge in [0, 0.05) is 18.9 Å². The first-order valence-electron chi connectivity index (χ1n) is 7.91. The SMILES string of the molecule is N#CCOC(=O)[C@]12CCC(=O)N1c1ccccc1C(=O)N2C1CC1. The van der Waals surface area contributed by atoms with E-state index in [1.807, 2.05) is 0 Å². The average Bonchev–Trinajstić information content (AvgIpc) is 3.36. The van der Waals surface area contributed by atoms with Gasteiger partial charge in [-0.2, -0.15) is 5.26 Å². The molecule has 0 N–H and O–H groups in total. The van der Waals surface area contributed by atoms with Gasteiger partial charge in [-0.1, -0.05) is 12.1 Å². The van der Waals surface area contributed by atoms with E-state index in [0.29, 0.717) is 11.3 Å². The fourth-order valence-electron chi connectivity index (χ4n) is 3.73. The third kappa shape index (κ3) is 1.80. The van der Waals surface area contributed by atoms with Crippen LogP contribution in [0.5, 0.6) is 0 Å². The molecule has 3 aliphatic rings. The highest BCUT2D eigenvalue weighted by molar-refractivity contribution is 6.15. The van der Waals surface area contributed by atoms with Gasteiger partial charge in [-0.05, 0) is 25.0 Å². The van der Waals surface area contributed by atoms with Gasteiger partial charge in [0.2, 0.25) is 11.6 Å². The molecule has 4 rings (SSSR count). The number of hydrogen-bond acceptors (Lipinski definition) is 5. The molecule has 7 nitrogen and oxygen atoms in total. The second-order valence-electron chi connectivity index (χ2n) is 6.20. The summed E-state index contributed by atoms with van der Waals surface area (Å²) in [6.45, 7) is -0.406. The lowest BCUT2D eigenvalue weighted by molar-refractivity contribution is -0.156. The van der Waals surface area contributed by atoms with Crippen molar-refractivity contribution in [2.75, 3.05) is 11.5 Å². The van der Waals surface area contributed by atoms with E-state index in [4.69, 9.17) is 10.00 Å². The minimum Gasteiger partial charge on any atom is -0.447 e. The zero-order valence-electron chi connectivity index (χ0n) is 12.9. The number of nitriles is 1. The predicted molar refractivity (Wildman–Crippen MR) is 81.7 cm³/mol. The largest absolute Gasteiger partial charge is 0.447 e. The summed E-state index contributed by atoms with van der Waals surface area (Å²) in [6, 6.07) is 8.51. The van der Waals surface area contributed by atoms with Gasteiger partial charge in [0.15, 0.2) is 6.61 Å². The summed E-state index contributed by atoms with van der Waals surface area (Å²) in [6.07, 6.45) is 1.94. The van der Waals surface area contributed by atoms with Crippen LogP contribution in [-0.4, -0.2) is 41.0 Å². The maximum Gasteiger partial charge on any atom is 0.354 e. The number of nitrogens with zero attached hydrogens (tertiary/aromatic N) is 3. The lowest BCUT2D eigenvalue weighted by Crippen LogP contribution is -2.69. The second-order valence-corrected chi connectivity index (χ2v) is 6.20. The lowest BCUT2D eigenvalue weighted by Gasteiger charge is -2.48. The number of amides is 2. The van der Waals surface area contributed by atoms with E-state index >= 15 is 0 Å². The number of esters is 1. The van der Waals surface area contributed by atoms with Gasteiger partial charge >= 0.3 is 5.97 Å². The van der Waals surface area contributed by atoms with Crippen LogP contribution in [0.2, 0.25) is 0 Å². The summed E-state index contributed by atoms with van der Waals surface area (Å²) in [5.74, 6) is -1.17. The maximum absolute atomic E-state index is 13.0. The van der Waals surface area contributed by atoms with Crippen molar-refractivity contribution in [3.05, 3.63) is 29.8 Å². The van der Waals surface area contributed by atoms with Crippen LogP contribution in [-0.2, 0) is 14.3 Å². The molecule has 1 saturated carbocycles. The summed E-state index contributed by atoms with van der Waals surface area (Å²) in [4.78, 5) is 41.4. The first-order valence-corrected chi connectivity index (χ1v) is 7.91. The first-order chi connectivity index (χ1) is 11.6. The Kier molecular flexibility index (Phi) is 3.10. The highest BCUT2D eigenvalue weighted by atomic mass is 16.5. The molecule has 1 atom stereocenters. The number of fused-ring (bicyclic) bond motifs is 3. The smallest absolute Gasteiger partial charge is 0.354 e. The molecule has 0 bridgehead atoms. The summed E-state index contributed by atoms with van der Waals surface area (Å²) in [5.41, 5.74) is -0.597. The van der Waals surface area contributed by atoms with E-state index in [2.05, 4.69) is 0 Å². The number of rotatable bonds is 3. The molecule has 1 aromatic carbocycles. The van der Waals surface area contributed by atoms with Crippen LogP contribution >= 0.6 is 0 Å². The number of carbonyl (C=O) groups is 3. The van der Waals surface area contributed by atoms with E-state index in [0.717, 1.165) is 12.8 Å². The van der Waals surface area contributed by atoms with Crippen LogP contribution < -0.4 is 4.90 Å². The molecule has 2 heterocycles. The minimum absolute atomic E-state index is 0.0751. The summed E-state index contributed by atoms with van der Waals surface area (Å²) >= 11 is 0. The Morgan fingerprint density at radius 3 is 2.79 bits per heavy atom. The predicted octanol–water partition coefficient (Wildman–Crippen LogP) is 1.19. The molecule has 122 valence electrons. The van der Waals surface area contributed by atoms with Crippen LogP contribution in [0, 0.1) is 11.3 Å². The number of para-hydroxylation sites is 1. The molecule has 0 unspecified atom stereocenters. The van der Waals surface area contributed by atoms with Crippen molar-refractivity contribution in [3.63, 3.8) is 0 Å². The zero-order valence-corrected chi connectivity index (χ0v) is 12.9. The molecule has 0 radical (unpaired) electrons. The Morgan fingerprint density at radius 1 is 1.33 bits per heavy atom. The van der Waals surface area contributed by atoms with Crippen LogP contribution in [0.1, 0.15) is 36.0 Å². The third-order valence-corrected chi connectivity index (χ3v) is 4.81. The Balaban J connectivity index is 1.91. The standard InChI is InChI=1S/C17H15N3O4/c18-9-10-24-16(23)17-8-7-14(21)20(17)13-4-2-1-3-12(13)15(22)19(17)11-5-6-11/h1-4,11H,5-8,10H2/t17-/m0/s1. The van der Waals surface area contributed by atoms with E-state index in [1.165, 1.54) is 9.80 Å². The molecule has 0 spiro atoms. The van der Waals surface area contributed by atoms with Gasteiger partial charge in [-0.15, -0.1) is 0 Å². The molecule has 24 heavy (non-hydrogen) atoms. The normalized spacial score (nSPS) is 25.1. The van der Waals surface area contributed by atoms with E-state index < -0.39 is 18.2 Å². The zero-order chi connectivity index (χ0) is 16.9. The van der Waals surface area contributed by atoms with Crippen molar-refractivity contribution in [3.8, 4) is 6.07 Å². The van der Waals surface area contributed by atoms with Crippen molar-refractivity contribution in [1.29, 1.82) is 5.26 Å².